The van der Waals surface area contributed by atoms with Crippen molar-refractivity contribution in [3.8, 4) is 0 Å². The third kappa shape index (κ3) is 4.25. The Morgan fingerprint density at radius 2 is 1.92 bits per heavy atom. The molecule has 2 aromatic heterocycles. The number of alkyl halides is 1. The van der Waals surface area contributed by atoms with E-state index in [-0.39, 0.29) is 10.9 Å². The van der Waals surface area contributed by atoms with Crippen molar-refractivity contribution in [2.24, 2.45) is 0 Å². The summed E-state index contributed by atoms with van der Waals surface area (Å²) in [6.45, 7) is 6.87. The minimum atomic E-state index is -0.170. The van der Waals surface area contributed by atoms with E-state index in [0.717, 1.165) is 22.4 Å². The van der Waals surface area contributed by atoms with Crippen LogP contribution in [0.4, 0.5) is 5.82 Å². The average molecular weight is 376 g/mol. The number of aromatic nitrogens is 4. The van der Waals surface area contributed by atoms with Gasteiger partial charge in [0.15, 0.2) is 10.8 Å². The van der Waals surface area contributed by atoms with Crippen molar-refractivity contribution in [1.29, 1.82) is 0 Å². The van der Waals surface area contributed by atoms with Gasteiger partial charge in [-0.15, -0.1) is 11.6 Å². The second-order valence-electron chi connectivity index (χ2n) is 6.88. The number of benzene rings is 1. The van der Waals surface area contributed by atoms with Crippen LogP contribution in [0.5, 0.6) is 0 Å². The van der Waals surface area contributed by atoms with Crippen molar-refractivity contribution < 1.29 is 0 Å². The summed E-state index contributed by atoms with van der Waals surface area (Å²) in [5, 5.41) is 9.41. The van der Waals surface area contributed by atoms with Crippen LogP contribution in [-0.2, 0) is 6.54 Å². The molecule has 0 saturated heterocycles. The highest BCUT2D eigenvalue weighted by Gasteiger charge is 2.19. The van der Waals surface area contributed by atoms with Gasteiger partial charge < -0.3 is 5.32 Å². The van der Waals surface area contributed by atoms with E-state index in [1.165, 1.54) is 11.8 Å². The molecule has 1 atom stereocenters. The van der Waals surface area contributed by atoms with E-state index in [4.69, 9.17) is 11.6 Å². The first kappa shape index (κ1) is 18.0. The fourth-order valence-electron chi connectivity index (χ4n) is 2.53. The summed E-state index contributed by atoms with van der Waals surface area (Å²) in [5.74, 6) is 0.805. The van der Waals surface area contributed by atoms with Gasteiger partial charge >= 0.3 is 0 Å². The van der Waals surface area contributed by atoms with E-state index in [0.29, 0.717) is 11.7 Å². The number of thioether (sulfide) groups is 1. The fraction of sp³-hybridized carbons (Fsp3) is 0.389. The van der Waals surface area contributed by atoms with Gasteiger partial charge in [0.05, 0.1) is 23.5 Å². The smallest absolute Gasteiger partial charge is 0.191 e. The Bertz CT molecular complexity index is 857. The van der Waals surface area contributed by atoms with Crippen molar-refractivity contribution >= 4 is 40.2 Å². The first-order chi connectivity index (χ1) is 11.9. The third-order valence-electron chi connectivity index (χ3n) is 3.65. The summed E-state index contributed by atoms with van der Waals surface area (Å²) in [4.78, 5) is 9.25. The predicted molar refractivity (Wildman–Crippen MR) is 106 cm³/mol. The summed E-state index contributed by atoms with van der Waals surface area (Å²) < 4.78 is 1.86. The molecular formula is C18H22ClN5S. The highest BCUT2D eigenvalue weighted by molar-refractivity contribution is 7.98. The van der Waals surface area contributed by atoms with Crippen LogP contribution in [0.1, 0.15) is 31.7 Å². The van der Waals surface area contributed by atoms with Crippen LogP contribution >= 0.6 is 23.4 Å². The van der Waals surface area contributed by atoms with E-state index in [9.17, 15) is 0 Å². The SMILES string of the molecule is CSc1nc(NC(C)(C)C)c2cnn(CC(Cl)c3ccccc3)c2n1. The standard InChI is InChI=1S/C18H22ClN5S/c1-18(2,3)23-15-13-10-20-24(16(13)22-17(21-15)25-4)11-14(19)12-8-6-5-7-9-12/h5-10,14H,11H2,1-4H3,(H,21,22,23). The number of rotatable bonds is 5. The van der Waals surface area contributed by atoms with Crippen molar-refractivity contribution in [2.75, 3.05) is 11.6 Å². The highest BCUT2D eigenvalue weighted by atomic mass is 35.5. The number of fused-ring (bicyclic) bond motifs is 1. The zero-order chi connectivity index (χ0) is 18.0. The molecule has 0 spiro atoms. The molecule has 3 aromatic rings. The Morgan fingerprint density at radius 1 is 1.20 bits per heavy atom. The van der Waals surface area contributed by atoms with Crippen LogP contribution in [0.25, 0.3) is 11.0 Å². The molecule has 1 unspecified atom stereocenters. The van der Waals surface area contributed by atoms with Crippen LogP contribution in [0, 0.1) is 0 Å². The number of hydrogen-bond donors (Lipinski definition) is 1. The number of nitrogens with zero attached hydrogens (tertiary/aromatic N) is 4. The molecular weight excluding hydrogens is 354 g/mol. The number of halogens is 1. The largest absolute Gasteiger partial charge is 0.365 e. The summed E-state index contributed by atoms with van der Waals surface area (Å²) in [5.41, 5.74) is 1.77. The minimum absolute atomic E-state index is 0.0991. The van der Waals surface area contributed by atoms with Gasteiger partial charge in [0.1, 0.15) is 5.82 Å². The van der Waals surface area contributed by atoms with E-state index in [1.54, 1.807) is 0 Å². The van der Waals surface area contributed by atoms with Crippen LogP contribution in [0.3, 0.4) is 0 Å². The van der Waals surface area contributed by atoms with Gasteiger partial charge in [0.25, 0.3) is 0 Å². The second kappa shape index (κ2) is 7.22. The second-order valence-corrected chi connectivity index (χ2v) is 8.18. The maximum Gasteiger partial charge on any atom is 0.191 e. The van der Waals surface area contributed by atoms with Gasteiger partial charge in [-0.3, -0.25) is 0 Å². The van der Waals surface area contributed by atoms with E-state index < -0.39 is 0 Å². The van der Waals surface area contributed by atoms with Gasteiger partial charge in [-0.05, 0) is 32.6 Å². The molecule has 0 aliphatic heterocycles. The molecule has 0 radical (unpaired) electrons. The van der Waals surface area contributed by atoms with Crippen molar-refractivity contribution in [3.05, 3.63) is 42.1 Å². The molecule has 0 aliphatic carbocycles. The third-order valence-corrected chi connectivity index (χ3v) is 4.58. The summed E-state index contributed by atoms with van der Waals surface area (Å²) in [6, 6.07) is 10.0. The Labute approximate surface area is 157 Å². The lowest BCUT2D eigenvalue weighted by molar-refractivity contribution is 0.612. The lowest BCUT2D eigenvalue weighted by Gasteiger charge is -2.22. The van der Waals surface area contributed by atoms with Gasteiger partial charge in [0.2, 0.25) is 0 Å². The molecule has 7 heteroatoms. The van der Waals surface area contributed by atoms with Gasteiger partial charge in [-0.2, -0.15) is 5.10 Å². The zero-order valence-electron chi connectivity index (χ0n) is 14.8. The molecule has 0 fully saturated rings. The molecule has 132 valence electrons. The quantitative estimate of drug-likeness (QED) is 0.396. The van der Waals surface area contributed by atoms with Crippen molar-refractivity contribution in [3.63, 3.8) is 0 Å². The first-order valence-corrected chi connectivity index (χ1v) is 9.78. The lowest BCUT2D eigenvalue weighted by atomic mass is 10.1. The van der Waals surface area contributed by atoms with E-state index >= 15 is 0 Å². The molecule has 5 nitrogen and oxygen atoms in total. The lowest BCUT2D eigenvalue weighted by Crippen LogP contribution is -2.27. The number of anilines is 1. The molecule has 3 rings (SSSR count). The summed E-state index contributed by atoms with van der Waals surface area (Å²) in [6.07, 6.45) is 3.78. The fourth-order valence-corrected chi connectivity index (χ4v) is 3.17. The van der Waals surface area contributed by atoms with E-state index in [1.807, 2.05) is 47.5 Å². The highest BCUT2D eigenvalue weighted by Crippen LogP contribution is 2.28. The normalized spacial score (nSPS) is 13.2. The molecule has 0 bridgehead atoms. The Balaban J connectivity index is 1.98. The van der Waals surface area contributed by atoms with Crippen LogP contribution in [0.15, 0.2) is 41.7 Å². The monoisotopic (exact) mass is 375 g/mol. The maximum absolute atomic E-state index is 6.59. The molecule has 1 N–H and O–H groups in total. The van der Waals surface area contributed by atoms with Gasteiger partial charge in [-0.25, -0.2) is 14.6 Å². The topological polar surface area (TPSA) is 55.6 Å². The first-order valence-electron chi connectivity index (χ1n) is 8.12. The minimum Gasteiger partial charge on any atom is -0.365 e. The number of hydrogen-bond acceptors (Lipinski definition) is 5. The Hall–Kier alpha value is -1.79. The van der Waals surface area contributed by atoms with Crippen molar-refractivity contribution in [2.45, 2.75) is 43.4 Å². The van der Waals surface area contributed by atoms with Crippen LogP contribution < -0.4 is 5.32 Å². The molecule has 25 heavy (non-hydrogen) atoms. The van der Waals surface area contributed by atoms with Gasteiger partial charge in [0, 0.05) is 5.54 Å². The predicted octanol–water partition coefficient (Wildman–Crippen LogP) is 4.74. The summed E-state index contributed by atoms with van der Waals surface area (Å²) >= 11 is 8.11. The maximum atomic E-state index is 6.59. The van der Waals surface area contributed by atoms with Crippen LogP contribution in [-0.4, -0.2) is 31.5 Å². The Morgan fingerprint density at radius 3 is 2.56 bits per heavy atom. The van der Waals surface area contributed by atoms with Gasteiger partial charge in [-0.1, -0.05) is 42.1 Å². The molecule has 1 aromatic carbocycles. The Kier molecular flexibility index (Phi) is 5.20. The van der Waals surface area contributed by atoms with Crippen molar-refractivity contribution in [1.82, 2.24) is 19.7 Å². The summed E-state index contributed by atoms with van der Waals surface area (Å²) in [7, 11) is 0. The number of nitrogens with one attached hydrogen (secondary N) is 1. The zero-order valence-corrected chi connectivity index (χ0v) is 16.4. The average Bonchev–Trinajstić information content (AvgIpc) is 2.97. The molecule has 0 saturated carbocycles. The van der Waals surface area contributed by atoms with E-state index in [2.05, 4.69) is 41.2 Å². The molecule has 0 aliphatic rings. The van der Waals surface area contributed by atoms with Crippen LogP contribution in [0.2, 0.25) is 0 Å². The molecule has 0 amide bonds. The molecule has 2 heterocycles.